The number of amides is 1. The second-order valence-corrected chi connectivity index (χ2v) is 4.93. The lowest BCUT2D eigenvalue weighted by molar-refractivity contribution is 0.0695. The third kappa shape index (κ3) is 2.16. The highest BCUT2D eigenvalue weighted by molar-refractivity contribution is 6.29. The molecule has 3 rings (SSSR count). The lowest BCUT2D eigenvalue weighted by Crippen LogP contribution is -2.24. The fourth-order valence-corrected chi connectivity index (χ4v) is 2.40. The van der Waals surface area contributed by atoms with Crippen LogP contribution < -0.4 is 0 Å². The van der Waals surface area contributed by atoms with Crippen molar-refractivity contribution in [2.75, 3.05) is 0 Å². The number of halogens is 1. The van der Waals surface area contributed by atoms with Crippen LogP contribution in [0, 0.1) is 0 Å². The third-order valence-corrected chi connectivity index (χ3v) is 3.45. The van der Waals surface area contributed by atoms with Crippen LogP contribution in [0.2, 0.25) is 5.22 Å². The third-order valence-electron chi connectivity index (χ3n) is 3.25. The molecule has 1 aromatic heterocycles. The van der Waals surface area contributed by atoms with Gasteiger partial charge in [-0.3, -0.25) is 4.79 Å². The minimum atomic E-state index is -0.976. The summed E-state index contributed by atoms with van der Waals surface area (Å²) >= 11 is 5.65. The second-order valence-electron chi connectivity index (χ2n) is 4.55. The molecule has 1 amide bonds. The predicted molar refractivity (Wildman–Crippen MR) is 70.7 cm³/mol. The van der Waals surface area contributed by atoms with Crippen LogP contribution in [-0.4, -0.2) is 21.9 Å². The Morgan fingerprint density at radius 2 is 1.90 bits per heavy atom. The normalized spacial score (nSPS) is 13.3. The summed E-state index contributed by atoms with van der Waals surface area (Å²) in [5.74, 6) is -1.05. The van der Waals surface area contributed by atoms with Crippen LogP contribution >= 0.6 is 11.6 Å². The van der Waals surface area contributed by atoms with Gasteiger partial charge in [0.1, 0.15) is 0 Å². The fourth-order valence-electron chi connectivity index (χ4n) is 2.26. The Morgan fingerprint density at radius 3 is 2.55 bits per heavy atom. The quantitative estimate of drug-likeness (QED) is 0.923. The zero-order valence-electron chi connectivity index (χ0n) is 10.3. The maximum absolute atomic E-state index is 12.2. The van der Waals surface area contributed by atoms with Crippen LogP contribution in [0.15, 0.2) is 34.7 Å². The smallest absolute Gasteiger partial charge is 0.335 e. The molecule has 102 valence electrons. The summed E-state index contributed by atoms with van der Waals surface area (Å²) in [7, 11) is 0. The lowest BCUT2D eigenvalue weighted by Gasteiger charge is -2.13. The first-order valence-corrected chi connectivity index (χ1v) is 6.32. The average Bonchev–Trinajstić information content (AvgIpc) is 3.02. The van der Waals surface area contributed by atoms with Crippen LogP contribution in [0.1, 0.15) is 32.0 Å². The zero-order chi connectivity index (χ0) is 14.3. The molecule has 0 atom stereocenters. The van der Waals surface area contributed by atoms with Crippen LogP contribution in [0.25, 0.3) is 0 Å². The second kappa shape index (κ2) is 4.68. The van der Waals surface area contributed by atoms with Gasteiger partial charge in [-0.05, 0) is 47.0 Å². The molecule has 2 heterocycles. The van der Waals surface area contributed by atoms with Gasteiger partial charge in [0.15, 0.2) is 11.0 Å². The number of furan rings is 1. The number of carboxylic acid groups (broad SMARTS) is 1. The van der Waals surface area contributed by atoms with Gasteiger partial charge in [0.25, 0.3) is 5.91 Å². The number of rotatable bonds is 2. The monoisotopic (exact) mass is 291 g/mol. The highest BCUT2D eigenvalue weighted by Gasteiger charge is 2.26. The molecule has 0 bridgehead atoms. The molecule has 0 aliphatic carbocycles. The number of carbonyl (C=O) groups is 2. The van der Waals surface area contributed by atoms with E-state index in [-0.39, 0.29) is 22.5 Å². The number of hydrogen-bond acceptors (Lipinski definition) is 3. The molecule has 1 aliphatic rings. The molecule has 1 aliphatic heterocycles. The van der Waals surface area contributed by atoms with Gasteiger partial charge in [-0.25, -0.2) is 4.79 Å². The lowest BCUT2D eigenvalue weighted by atomic mass is 10.1. The summed E-state index contributed by atoms with van der Waals surface area (Å²) < 4.78 is 5.10. The molecule has 2 aromatic rings. The molecule has 0 radical (unpaired) electrons. The van der Waals surface area contributed by atoms with E-state index in [9.17, 15) is 9.59 Å². The largest absolute Gasteiger partial charge is 0.478 e. The van der Waals surface area contributed by atoms with E-state index < -0.39 is 5.97 Å². The molecule has 5 nitrogen and oxygen atoms in total. The van der Waals surface area contributed by atoms with E-state index in [0.29, 0.717) is 13.1 Å². The molecule has 0 spiro atoms. The van der Waals surface area contributed by atoms with Gasteiger partial charge in [-0.15, -0.1) is 0 Å². The van der Waals surface area contributed by atoms with E-state index in [0.717, 1.165) is 11.1 Å². The highest BCUT2D eigenvalue weighted by Crippen LogP contribution is 2.26. The molecule has 0 unspecified atom stereocenters. The van der Waals surface area contributed by atoms with Crippen molar-refractivity contribution >= 4 is 23.5 Å². The van der Waals surface area contributed by atoms with Crippen LogP contribution in [0.3, 0.4) is 0 Å². The van der Waals surface area contributed by atoms with Crippen molar-refractivity contribution in [1.82, 2.24) is 4.90 Å². The number of aromatic carboxylic acids is 1. The standard InChI is InChI=1S/C14H10ClNO4/c15-12-4-3-11(20-12)13(17)16-6-9-2-1-8(14(18)19)5-10(9)7-16/h1-5H,6-7H2,(H,18,19). The minimum Gasteiger partial charge on any atom is -0.478 e. The van der Waals surface area contributed by atoms with E-state index >= 15 is 0 Å². The molecular formula is C14H10ClNO4. The summed E-state index contributed by atoms with van der Waals surface area (Å²) in [4.78, 5) is 24.7. The summed E-state index contributed by atoms with van der Waals surface area (Å²) in [6.45, 7) is 0.806. The van der Waals surface area contributed by atoms with E-state index in [1.165, 1.54) is 12.1 Å². The van der Waals surface area contributed by atoms with Crippen molar-refractivity contribution in [3.63, 3.8) is 0 Å². The summed E-state index contributed by atoms with van der Waals surface area (Å²) in [5.41, 5.74) is 2.01. The number of benzene rings is 1. The first kappa shape index (κ1) is 12.7. The first-order chi connectivity index (χ1) is 9.54. The Kier molecular flexibility index (Phi) is 2.99. The number of carbonyl (C=O) groups excluding carboxylic acids is 1. The predicted octanol–water partition coefficient (Wildman–Crippen LogP) is 2.79. The molecule has 0 saturated heterocycles. The summed E-state index contributed by atoms with van der Waals surface area (Å²) in [6, 6.07) is 7.91. The highest BCUT2D eigenvalue weighted by atomic mass is 35.5. The Balaban J connectivity index is 1.83. The molecular weight excluding hydrogens is 282 g/mol. The van der Waals surface area contributed by atoms with E-state index in [4.69, 9.17) is 21.1 Å². The molecule has 1 N–H and O–H groups in total. The molecule has 20 heavy (non-hydrogen) atoms. The van der Waals surface area contributed by atoms with Crippen LogP contribution in [0.5, 0.6) is 0 Å². The van der Waals surface area contributed by atoms with Crippen molar-refractivity contribution < 1.29 is 19.1 Å². The maximum Gasteiger partial charge on any atom is 0.335 e. The van der Waals surface area contributed by atoms with E-state index in [1.807, 2.05) is 0 Å². The van der Waals surface area contributed by atoms with E-state index in [1.54, 1.807) is 23.1 Å². The Labute approximate surface area is 119 Å². The van der Waals surface area contributed by atoms with Gasteiger partial charge in [0.05, 0.1) is 5.56 Å². The molecule has 0 fully saturated rings. The Hall–Kier alpha value is -2.27. The van der Waals surface area contributed by atoms with Crippen molar-refractivity contribution in [2.45, 2.75) is 13.1 Å². The van der Waals surface area contributed by atoms with Gasteiger partial charge >= 0.3 is 5.97 Å². The van der Waals surface area contributed by atoms with Crippen molar-refractivity contribution in [3.05, 3.63) is 58.0 Å². The van der Waals surface area contributed by atoms with Gasteiger partial charge in [0, 0.05) is 13.1 Å². The van der Waals surface area contributed by atoms with Crippen LogP contribution in [0.4, 0.5) is 0 Å². The van der Waals surface area contributed by atoms with Gasteiger partial charge in [0.2, 0.25) is 0 Å². The first-order valence-electron chi connectivity index (χ1n) is 5.94. The van der Waals surface area contributed by atoms with Gasteiger partial charge in [-0.1, -0.05) is 6.07 Å². The fraction of sp³-hybridized carbons (Fsp3) is 0.143. The summed E-state index contributed by atoms with van der Waals surface area (Å²) in [6.07, 6.45) is 0. The number of carboxylic acids is 1. The molecule has 0 saturated carbocycles. The Bertz CT molecular complexity index is 707. The SMILES string of the molecule is O=C(O)c1ccc2c(c1)CN(C(=O)c1ccc(Cl)o1)C2. The summed E-state index contributed by atoms with van der Waals surface area (Å²) in [5, 5.41) is 9.13. The number of fused-ring (bicyclic) bond motifs is 1. The van der Waals surface area contributed by atoms with Crippen molar-refractivity contribution in [2.24, 2.45) is 0 Å². The van der Waals surface area contributed by atoms with Gasteiger partial charge in [-0.2, -0.15) is 0 Å². The average molecular weight is 292 g/mol. The van der Waals surface area contributed by atoms with Crippen molar-refractivity contribution in [3.8, 4) is 0 Å². The topological polar surface area (TPSA) is 70.8 Å². The number of nitrogens with zero attached hydrogens (tertiary/aromatic N) is 1. The number of hydrogen-bond donors (Lipinski definition) is 1. The molecule has 6 heteroatoms. The van der Waals surface area contributed by atoms with E-state index in [2.05, 4.69) is 0 Å². The maximum atomic E-state index is 12.2. The zero-order valence-corrected chi connectivity index (χ0v) is 11.1. The Morgan fingerprint density at radius 1 is 1.15 bits per heavy atom. The van der Waals surface area contributed by atoms with Crippen LogP contribution in [-0.2, 0) is 13.1 Å². The molecule has 1 aromatic carbocycles. The van der Waals surface area contributed by atoms with Gasteiger partial charge < -0.3 is 14.4 Å². The van der Waals surface area contributed by atoms with Crippen molar-refractivity contribution in [1.29, 1.82) is 0 Å². The minimum absolute atomic E-state index is 0.165.